The van der Waals surface area contributed by atoms with E-state index in [4.69, 9.17) is 22.4 Å². The molecule has 0 radical (unpaired) electrons. The Morgan fingerprint density at radius 3 is 2.96 bits per heavy atom. The first-order chi connectivity index (χ1) is 13.7. The highest BCUT2D eigenvalue weighted by atomic mass is 35.5. The van der Waals surface area contributed by atoms with E-state index >= 15 is 0 Å². The SMILES string of the molecule is NCCn1nc(C2CCN(C(=O)CCc3cccc(Cl)c3)C2)c2nccnc21. The van der Waals surface area contributed by atoms with Gasteiger partial charge in [0.2, 0.25) is 5.91 Å². The Hall–Kier alpha value is -2.51. The zero-order chi connectivity index (χ0) is 19.5. The molecular weight excluding hydrogens is 376 g/mol. The number of nitrogens with two attached hydrogens (primary N) is 1. The van der Waals surface area contributed by atoms with Gasteiger partial charge in [-0.3, -0.25) is 4.79 Å². The van der Waals surface area contributed by atoms with Gasteiger partial charge in [-0.15, -0.1) is 0 Å². The van der Waals surface area contributed by atoms with E-state index in [-0.39, 0.29) is 11.8 Å². The van der Waals surface area contributed by atoms with Gasteiger partial charge < -0.3 is 10.6 Å². The van der Waals surface area contributed by atoms with Crippen molar-refractivity contribution in [2.75, 3.05) is 19.6 Å². The number of fused-ring (bicyclic) bond motifs is 1. The van der Waals surface area contributed by atoms with Crippen molar-refractivity contribution in [3.05, 3.63) is 52.9 Å². The lowest BCUT2D eigenvalue weighted by molar-refractivity contribution is -0.130. The van der Waals surface area contributed by atoms with E-state index in [1.807, 2.05) is 33.8 Å². The van der Waals surface area contributed by atoms with Crippen LogP contribution in [0.2, 0.25) is 5.02 Å². The van der Waals surface area contributed by atoms with Crippen LogP contribution in [-0.4, -0.2) is 50.2 Å². The number of amides is 1. The number of aromatic nitrogens is 4. The summed E-state index contributed by atoms with van der Waals surface area (Å²) in [4.78, 5) is 23.5. The predicted molar refractivity (Wildman–Crippen MR) is 108 cm³/mol. The molecule has 4 rings (SSSR count). The van der Waals surface area contributed by atoms with E-state index in [9.17, 15) is 4.79 Å². The van der Waals surface area contributed by atoms with Crippen LogP contribution in [0, 0.1) is 0 Å². The van der Waals surface area contributed by atoms with Crippen molar-refractivity contribution in [3.8, 4) is 0 Å². The quantitative estimate of drug-likeness (QED) is 0.688. The molecule has 0 spiro atoms. The lowest BCUT2D eigenvalue weighted by Crippen LogP contribution is -2.28. The molecule has 1 aliphatic rings. The Morgan fingerprint density at radius 2 is 2.14 bits per heavy atom. The average Bonchev–Trinajstić information content (AvgIpc) is 3.32. The van der Waals surface area contributed by atoms with E-state index in [1.165, 1.54) is 0 Å². The minimum atomic E-state index is 0.166. The van der Waals surface area contributed by atoms with Crippen LogP contribution >= 0.6 is 11.6 Å². The van der Waals surface area contributed by atoms with Gasteiger partial charge in [0.25, 0.3) is 0 Å². The number of rotatable bonds is 6. The molecule has 28 heavy (non-hydrogen) atoms. The summed E-state index contributed by atoms with van der Waals surface area (Å²) in [7, 11) is 0. The van der Waals surface area contributed by atoms with Crippen molar-refractivity contribution in [2.24, 2.45) is 5.73 Å². The summed E-state index contributed by atoms with van der Waals surface area (Å²) < 4.78 is 1.82. The summed E-state index contributed by atoms with van der Waals surface area (Å²) in [6.07, 6.45) is 5.41. The molecule has 1 saturated heterocycles. The normalized spacial score (nSPS) is 16.8. The molecule has 0 bridgehead atoms. The van der Waals surface area contributed by atoms with Gasteiger partial charge in [0.05, 0.1) is 12.2 Å². The standard InChI is InChI=1S/C20H23ClN6O/c21-16-3-1-2-14(12-16)4-5-17(28)26-10-6-15(13-26)18-19-20(24-9-8-23-19)27(25-18)11-7-22/h1-3,8-9,12,15H,4-7,10-11,13,22H2. The number of halogens is 1. The van der Waals surface area contributed by atoms with Gasteiger partial charge in [0.15, 0.2) is 5.65 Å². The van der Waals surface area contributed by atoms with E-state index in [2.05, 4.69) is 9.97 Å². The molecule has 1 fully saturated rings. The monoisotopic (exact) mass is 398 g/mol. The zero-order valence-corrected chi connectivity index (χ0v) is 16.3. The molecule has 1 aromatic carbocycles. The molecule has 3 aromatic rings. The first-order valence-corrected chi connectivity index (χ1v) is 9.93. The Balaban J connectivity index is 1.44. The summed E-state index contributed by atoms with van der Waals surface area (Å²) >= 11 is 6.02. The van der Waals surface area contributed by atoms with Gasteiger partial charge >= 0.3 is 0 Å². The average molecular weight is 399 g/mol. The van der Waals surface area contributed by atoms with Crippen LogP contribution in [0.1, 0.15) is 30.0 Å². The number of carbonyl (C=O) groups excluding carboxylic acids is 1. The highest BCUT2D eigenvalue weighted by Crippen LogP contribution is 2.30. The number of likely N-dealkylation sites (tertiary alicyclic amines) is 1. The van der Waals surface area contributed by atoms with Crippen LogP contribution in [0.25, 0.3) is 11.2 Å². The third kappa shape index (κ3) is 3.86. The minimum Gasteiger partial charge on any atom is -0.342 e. The van der Waals surface area contributed by atoms with Crippen LogP contribution in [0.3, 0.4) is 0 Å². The third-order valence-electron chi connectivity index (χ3n) is 5.18. The largest absolute Gasteiger partial charge is 0.342 e. The van der Waals surface area contributed by atoms with Gasteiger partial charge in [-0.25, -0.2) is 14.6 Å². The summed E-state index contributed by atoms with van der Waals surface area (Å²) in [6, 6.07) is 7.67. The van der Waals surface area contributed by atoms with Gasteiger partial charge in [-0.1, -0.05) is 23.7 Å². The van der Waals surface area contributed by atoms with Crippen molar-refractivity contribution in [1.29, 1.82) is 0 Å². The molecule has 0 saturated carbocycles. The van der Waals surface area contributed by atoms with Gasteiger partial charge in [-0.05, 0) is 30.5 Å². The molecule has 3 heterocycles. The summed E-state index contributed by atoms with van der Waals surface area (Å²) in [6.45, 7) is 2.50. The van der Waals surface area contributed by atoms with Crippen molar-refractivity contribution >= 4 is 28.7 Å². The fourth-order valence-corrected chi connectivity index (χ4v) is 4.00. The summed E-state index contributed by atoms with van der Waals surface area (Å²) in [5.41, 5.74) is 9.27. The van der Waals surface area contributed by atoms with Crippen LogP contribution in [0.4, 0.5) is 0 Å². The second-order valence-electron chi connectivity index (χ2n) is 7.08. The minimum absolute atomic E-state index is 0.166. The Morgan fingerprint density at radius 1 is 1.29 bits per heavy atom. The smallest absolute Gasteiger partial charge is 0.222 e. The number of hydrogen-bond acceptors (Lipinski definition) is 5. The maximum atomic E-state index is 12.7. The van der Waals surface area contributed by atoms with E-state index in [1.54, 1.807) is 12.4 Å². The fraction of sp³-hybridized carbons (Fsp3) is 0.400. The number of aryl methyl sites for hydroxylation is 1. The van der Waals surface area contributed by atoms with Gasteiger partial charge in [0, 0.05) is 49.4 Å². The molecule has 1 aliphatic heterocycles. The number of hydrogen-bond donors (Lipinski definition) is 1. The van der Waals surface area contributed by atoms with Crippen molar-refractivity contribution in [1.82, 2.24) is 24.6 Å². The lowest BCUT2D eigenvalue weighted by Gasteiger charge is -2.16. The predicted octanol–water partition coefficient (Wildman–Crippen LogP) is 2.39. The first kappa shape index (κ1) is 18.8. The molecule has 2 aromatic heterocycles. The van der Waals surface area contributed by atoms with Crippen LogP contribution in [0.5, 0.6) is 0 Å². The zero-order valence-electron chi connectivity index (χ0n) is 15.6. The number of carbonyl (C=O) groups is 1. The second kappa shape index (κ2) is 8.24. The molecule has 7 nitrogen and oxygen atoms in total. The Bertz CT molecular complexity index is 988. The molecule has 146 valence electrons. The van der Waals surface area contributed by atoms with Crippen molar-refractivity contribution < 1.29 is 4.79 Å². The molecule has 2 N–H and O–H groups in total. The molecule has 1 atom stereocenters. The van der Waals surface area contributed by atoms with Crippen LogP contribution < -0.4 is 5.73 Å². The molecule has 0 aliphatic carbocycles. The molecule has 1 unspecified atom stereocenters. The third-order valence-corrected chi connectivity index (χ3v) is 5.41. The maximum Gasteiger partial charge on any atom is 0.222 e. The lowest BCUT2D eigenvalue weighted by atomic mass is 10.0. The topological polar surface area (TPSA) is 89.9 Å². The van der Waals surface area contributed by atoms with E-state index in [0.29, 0.717) is 37.5 Å². The molecular formula is C20H23ClN6O. The number of benzene rings is 1. The maximum absolute atomic E-state index is 12.7. The van der Waals surface area contributed by atoms with Crippen molar-refractivity contribution in [3.63, 3.8) is 0 Å². The van der Waals surface area contributed by atoms with Crippen LogP contribution in [0.15, 0.2) is 36.7 Å². The first-order valence-electron chi connectivity index (χ1n) is 9.55. The highest BCUT2D eigenvalue weighted by molar-refractivity contribution is 6.30. The van der Waals surface area contributed by atoms with Crippen LogP contribution in [-0.2, 0) is 17.8 Å². The molecule has 1 amide bonds. The van der Waals surface area contributed by atoms with Crippen molar-refractivity contribution in [2.45, 2.75) is 31.7 Å². The van der Waals surface area contributed by atoms with E-state index in [0.717, 1.165) is 35.4 Å². The van der Waals surface area contributed by atoms with Gasteiger partial charge in [0.1, 0.15) is 5.52 Å². The number of nitrogens with zero attached hydrogens (tertiary/aromatic N) is 5. The Labute approximate surface area is 168 Å². The highest BCUT2D eigenvalue weighted by Gasteiger charge is 2.31. The summed E-state index contributed by atoms with van der Waals surface area (Å²) in [5.74, 6) is 0.340. The Kier molecular flexibility index (Phi) is 5.54. The van der Waals surface area contributed by atoms with Gasteiger partial charge in [-0.2, -0.15) is 5.10 Å². The molecule has 8 heteroatoms. The summed E-state index contributed by atoms with van der Waals surface area (Å²) in [5, 5.41) is 5.42. The van der Waals surface area contributed by atoms with E-state index < -0.39 is 0 Å². The second-order valence-corrected chi connectivity index (χ2v) is 7.52. The fourth-order valence-electron chi connectivity index (χ4n) is 3.79.